The Morgan fingerprint density at radius 1 is 1.09 bits per heavy atom. The quantitative estimate of drug-likeness (QED) is 0.225. The number of carbonyl (C=O) groups is 1. The van der Waals surface area contributed by atoms with Gasteiger partial charge in [-0.15, -0.1) is 0 Å². The minimum Gasteiger partial charge on any atom is -0.497 e. The summed E-state index contributed by atoms with van der Waals surface area (Å²) in [6, 6.07) is 12.2. The van der Waals surface area contributed by atoms with E-state index in [0.717, 1.165) is 28.2 Å². The van der Waals surface area contributed by atoms with Gasteiger partial charge in [0.1, 0.15) is 35.1 Å². The Hall–Kier alpha value is -4.41. The summed E-state index contributed by atoms with van der Waals surface area (Å²) in [6.07, 6.45) is -0.00214. The molecule has 0 spiro atoms. The summed E-state index contributed by atoms with van der Waals surface area (Å²) >= 11 is 6.77. The highest BCUT2D eigenvalue weighted by Gasteiger charge is 2.35. The van der Waals surface area contributed by atoms with Crippen LogP contribution in [0.25, 0.3) is 0 Å². The Labute approximate surface area is 272 Å². The van der Waals surface area contributed by atoms with Gasteiger partial charge in [-0.25, -0.2) is 31.3 Å². The first-order valence-electron chi connectivity index (χ1n) is 13.6. The molecule has 5 rings (SSSR count). The maximum Gasteiger partial charge on any atom is 0.407 e. The van der Waals surface area contributed by atoms with Gasteiger partial charge >= 0.3 is 6.09 Å². The van der Waals surface area contributed by atoms with Gasteiger partial charge in [-0.1, -0.05) is 11.6 Å². The predicted octanol–water partition coefficient (Wildman–Crippen LogP) is 5.13. The monoisotopic (exact) mass is 695 g/mol. The van der Waals surface area contributed by atoms with Crippen molar-refractivity contribution in [3.8, 4) is 17.2 Å². The first-order valence-corrected chi connectivity index (χ1v) is 16.2. The Balaban J connectivity index is 1.47. The van der Waals surface area contributed by atoms with Gasteiger partial charge in [0.15, 0.2) is 11.6 Å². The molecule has 1 aromatic heterocycles. The Kier molecular flexibility index (Phi) is 9.98. The van der Waals surface area contributed by atoms with Crippen LogP contribution in [-0.2, 0) is 16.6 Å². The number of aromatic nitrogens is 2. The zero-order valence-electron chi connectivity index (χ0n) is 24.5. The van der Waals surface area contributed by atoms with E-state index in [4.69, 9.17) is 25.8 Å². The molecule has 1 aliphatic heterocycles. The zero-order valence-corrected chi connectivity index (χ0v) is 26.9. The molecule has 1 unspecified atom stereocenters. The number of nitrogens with zero attached hydrogens (tertiary/aromatic N) is 5. The molecule has 0 saturated carbocycles. The van der Waals surface area contributed by atoms with Crippen LogP contribution >= 0.6 is 23.1 Å². The SMILES string of the molecule is COc1ccc(CN(c2ncns2)S(=O)(=O)c2cc(F)cc(OCC3CN(C(=O)O)CCN3c3ccc(Cl)cc3)c2F)c(OC)c1. The Bertz CT molecular complexity index is 1800. The van der Waals surface area contributed by atoms with Crippen molar-refractivity contribution in [3.05, 3.63) is 83.1 Å². The summed E-state index contributed by atoms with van der Waals surface area (Å²) in [6.45, 7) is -0.172. The normalized spacial score (nSPS) is 15.0. The number of hydrogen-bond acceptors (Lipinski definition) is 10. The van der Waals surface area contributed by atoms with E-state index in [0.29, 0.717) is 40.4 Å². The summed E-state index contributed by atoms with van der Waals surface area (Å²) in [4.78, 5) is 17.8. The van der Waals surface area contributed by atoms with E-state index in [1.807, 2.05) is 4.90 Å². The maximum absolute atomic E-state index is 16.1. The predicted molar refractivity (Wildman–Crippen MR) is 167 cm³/mol. The minimum atomic E-state index is -4.81. The number of halogens is 3. The molecule has 3 aromatic carbocycles. The molecule has 17 heteroatoms. The molecule has 0 aliphatic carbocycles. The van der Waals surface area contributed by atoms with Crippen LogP contribution in [0.15, 0.2) is 65.8 Å². The summed E-state index contributed by atoms with van der Waals surface area (Å²) in [5, 5.41) is 9.99. The van der Waals surface area contributed by atoms with Gasteiger partial charge in [0.05, 0.1) is 26.8 Å². The van der Waals surface area contributed by atoms with Gasteiger partial charge in [0, 0.05) is 59.6 Å². The molecule has 2 heterocycles. The molecule has 12 nitrogen and oxygen atoms in total. The average molecular weight is 696 g/mol. The van der Waals surface area contributed by atoms with Crippen molar-refractivity contribution in [2.45, 2.75) is 17.5 Å². The number of benzene rings is 3. The molecule has 1 N–H and O–H groups in total. The number of rotatable bonds is 11. The smallest absolute Gasteiger partial charge is 0.407 e. The van der Waals surface area contributed by atoms with Crippen molar-refractivity contribution < 1.29 is 41.3 Å². The van der Waals surface area contributed by atoms with Crippen LogP contribution in [0.2, 0.25) is 5.02 Å². The number of piperazine rings is 1. The van der Waals surface area contributed by atoms with Crippen LogP contribution in [-0.4, -0.2) is 80.4 Å². The van der Waals surface area contributed by atoms with Crippen LogP contribution in [0.3, 0.4) is 0 Å². The highest BCUT2D eigenvalue weighted by molar-refractivity contribution is 7.93. The van der Waals surface area contributed by atoms with Crippen molar-refractivity contribution in [3.63, 3.8) is 0 Å². The van der Waals surface area contributed by atoms with Crippen LogP contribution in [0.5, 0.6) is 17.2 Å². The van der Waals surface area contributed by atoms with E-state index in [9.17, 15) is 22.7 Å². The first-order chi connectivity index (χ1) is 22.0. The molecule has 4 aromatic rings. The van der Waals surface area contributed by atoms with E-state index in [2.05, 4.69) is 9.36 Å². The van der Waals surface area contributed by atoms with Gasteiger partial charge < -0.3 is 29.1 Å². The molecule has 0 bridgehead atoms. The van der Waals surface area contributed by atoms with Gasteiger partial charge in [0.2, 0.25) is 5.13 Å². The average Bonchev–Trinajstić information content (AvgIpc) is 3.58. The third-order valence-corrected chi connectivity index (χ3v) is 10.0. The van der Waals surface area contributed by atoms with E-state index < -0.39 is 44.4 Å². The third kappa shape index (κ3) is 7.03. The second-order valence-corrected chi connectivity index (χ2v) is 13.0. The number of ether oxygens (including phenoxy) is 3. The van der Waals surface area contributed by atoms with Crippen LogP contribution in [0.4, 0.5) is 24.4 Å². The number of hydrogen-bond donors (Lipinski definition) is 1. The van der Waals surface area contributed by atoms with E-state index in [-0.39, 0.29) is 31.4 Å². The summed E-state index contributed by atoms with van der Waals surface area (Å²) in [7, 11) is -1.95. The molecular weight excluding hydrogens is 668 g/mol. The van der Waals surface area contributed by atoms with Gasteiger partial charge in [0.25, 0.3) is 10.0 Å². The fourth-order valence-corrected chi connectivity index (χ4v) is 7.30. The lowest BCUT2D eigenvalue weighted by atomic mass is 10.1. The lowest BCUT2D eigenvalue weighted by Crippen LogP contribution is -2.56. The van der Waals surface area contributed by atoms with Crippen molar-refractivity contribution in [2.24, 2.45) is 0 Å². The zero-order chi connectivity index (χ0) is 33.0. The third-order valence-electron chi connectivity index (χ3n) is 7.25. The molecule has 1 aliphatic rings. The topological polar surface area (TPSA) is 135 Å². The Morgan fingerprint density at radius 2 is 1.85 bits per heavy atom. The van der Waals surface area contributed by atoms with Crippen molar-refractivity contribution in [1.82, 2.24) is 14.3 Å². The second-order valence-electron chi connectivity index (χ2n) is 9.99. The van der Waals surface area contributed by atoms with Gasteiger partial charge in [-0.05, 0) is 42.5 Å². The highest BCUT2D eigenvalue weighted by atomic mass is 35.5. The van der Waals surface area contributed by atoms with Crippen LogP contribution in [0, 0.1) is 11.6 Å². The van der Waals surface area contributed by atoms with Crippen LogP contribution < -0.4 is 23.4 Å². The second kappa shape index (κ2) is 13.9. The molecule has 1 amide bonds. The summed E-state index contributed by atoms with van der Waals surface area (Å²) < 4.78 is 80.1. The van der Waals surface area contributed by atoms with Crippen molar-refractivity contribution in [1.29, 1.82) is 0 Å². The van der Waals surface area contributed by atoms with E-state index >= 15 is 4.39 Å². The molecule has 1 fully saturated rings. The standard InChI is InChI=1S/C29H28ClF2N5O7S2/c1-42-23-8-3-18(24(13-23)43-2)14-37(28-33-17-34-45-28)46(40,41)26-12-20(31)11-25(27(26)32)44-16-22-15-35(29(38)39)9-10-36(22)21-6-4-19(30)5-7-21/h3-8,11-13,17,22H,9-10,14-16H2,1-2H3,(H,38,39). The van der Waals surface area contributed by atoms with Crippen LogP contribution in [0.1, 0.15) is 5.56 Å². The molecule has 1 saturated heterocycles. The number of sulfonamides is 1. The number of amides is 1. The minimum absolute atomic E-state index is 0.00539. The largest absolute Gasteiger partial charge is 0.497 e. The lowest BCUT2D eigenvalue weighted by Gasteiger charge is -2.41. The van der Waals surface area contributed by atoms with E-state index in [1.165, 1.54) is 19.1 Å². The number of anilines is 2. The fraction of sp³-hybridized carbons (Fsp3) is 0.276. The Morgan fingerprint density at radius 3 is 2.50 bits per heavy atom. The maximum atomic E-state index is 16.1. The van der Waals surface area contributed by atoms with Crippen molar-refractivity contribution in [2.75, 3.05) is 49.7 Å². The number of methoxy groups -OCH3 is 2. The summed E-state index contributed by atoms with van der Waals surface area (Å²) in [5.41, 5.74) is 1.10. The molecule has 1 atom stereocenters. The molecule has 46 heavy (non-hydrogen) atoms. The molecule has 0 radical (unpaired) electrons. The van der Waals surface area contributed by atoms with Crippen molar-refractivity contribution >= 4 is 50.1 Å². The highest BCUT2D eigenvalue weighted by Crippen LogP contribution is 2.35. The molecule has 244 valence electrons. The number of carboxylic acid groups (broad SMARTS) is 1. The molecular formula is C29H28ClF2N5O7S2. The summed E-state index contributed by atoms with van der Waals surface area (Å²) in [5.74, 6) is -2.31. The first kappa shape index (κ1) is 33.0. The van der Waals surface area contributed by atoms with E-state index in [1.54, 1.807) is 42.5 Å². The lowest BCUT2D eigenvalue weighted by molar-refractivity contribution is 0.126. The van der Waals surface area contributed by atoms with Gasteiger partial charge in [-0.2, -0.15) is 4.37 Å². The van der Waals surface area contributed by atoms with Gasteiger partial charge in [-0.3, -0.25) is 0 Å². The fourth-order valence-electron chi connectivity index (χ4n) is 4.95.